The van der Waals surface area contributed by atoms with Gasteiger partial charge in [0.05, 0.1) is 12.6 Å². The van der Waals surface area contributed by atoms with Gasteiger partial charge in [-0.1, -0.05) is 32.0 Å². The van der Waals surface area contributed by atoms with E-state index in [9.17, 15) is 4.79 Å². The number of aromatic amines is 1. The molecule has 1 amide bonds. The number of methoxy groups -OCH3 is 1. The van der Waals surface area contributed by atoms with Gasteiger partial charge in [-0.2, -0.15) is 0 Å². The Kier molecular flexibility index (Phi) is 4.30. The van der Waals surface area contributed by atoms with Crippen LogP contribution in [0.1, 0.15) is 41.4 Å². The van der Waals surface area contributed by atoms with E-state index in [-0.39, 0.29) is 5.91 Å². The Labute approximate surface area is 141 Å². The van der Waals surface area contributed by atoms with Crippen molar-refractivity contribution in [3.05, 3.63) is 59.3 Å². The largest absolute Gasteiger partial charge is 0.496 e. The molecule has 3 aromatic rings. The molecule has 0 fully saturated rings. The molecule has 0 atom stereocenters. The first-order valence-corrected chi connectivity index (χ1v) is 8.07. The maximum atomic E-state index is 12.5. The van der Waals surface area contributed by atoms with Crippen LogP contribution in [0.4, 0.5) is 5.69 Å². The number of aromatic nitrogens is 1. The number of carbonyl (C=O) groups is 1. The highest BCUT2D eigenvalue weighted by molar-refractivity contribution is 6.07. The summed E-state index contributed by atoms with van der Waals surface area (Å²) in [6.07, 6.45) is 0. The zero-order valence-corrected chi connectivity index (χ0v) is 14.4. The predicted molar refractivity (Wildman–Crippen MR) is 98.1 cm³/mol. The number of hydrogen-bond donors (Lipinski definition) is 2. The second kappa shape index (κ2) is 6.40. The summed E-state index contributed by atoms with van der Waals surface area (Å²) in [6, 6.07) is 13.7. The molecular formula is C20H22N2O2. The summed E-state index contributed by atoms with van der Waals surface area (Å²) in [4.78, 5) is 15.7. The lowest BCUT2D eigenvalue weighted by Gasteiger charge is -2.07. The molecule has 0 aliphatic heterocycles. The van der Waals surface area contributed by atoms with Gasteiger partial charge in [0.1, 0.15) is 11.4 Å². The van der Waals surface area contributed by atoms with Gasteiger partial charge in [0.25, 0.3) is 5.91 Å². The zero-order chi connectivity index (χ0) is 17.3. The van der Waals surface area contributed by atoms with Gasteiger partial charge in [0.15, 0.2) is 0 Å². The smallest absolute Gasteiger partial charge is 0.272 e. The van der Waals surface area contributed by atoms with Crippen LogP contribution in [0.15, 0.2) is 42.5 Å². The molecule has 0 saturated heterocycles. The highest BCUT2D eigenvalue weighted by Gasteiger charge is 2.14. The van der Waals surface area contributed by atoms with Crippen molar-refractivity contribution in [3.63, 3.8) is 0 Å². The highest BCUT2D eigenvalue weighted by Crippen LogP contribution is 2.29. The summed E-state index contributed by atoms with van der Waals surface area (Å²) in [7, 11) is 1.63. The molecule has 2 aromatic carbocycles. The molecule has 0 radical (unpaired) electrons. The Balaban J connectivity index is 1.87. The minimum absolute atomic E-state index is 0.162. The van der Waals surface area contributed by atoms with Crippen LogP contribution in [0.25, 0.3) is 10.9 Å². The van der Waals surface area contributed by atoms with Gasteiger partial charge in [-0.3, -0.25) is 4.79 Å². The second-order valence-electron chi connectivity index (χ2n) is 6.29. The number of carbonyl (C=O) groups excluding carboxylic acids is 1. The third-order valence-electron chi connectivity index (χ3n) is 4.26. The van der Waals surface area contributed by atoms with Crippen molar-refractivity contribution in [2.75, 3.05) is 12.4 Å². The molecule has 1 heterocycles. The third-order valence-corrected chi connectivity index (χ3v) is 4.26. The maximum absolute atomic E-state index is 12.5. The molecule has 3 rings (SSSR count). The summed E-state index contributed by atoms with van der Waals surface area (Å²) >= 11 is 0. The fourth-order valence-electron chi connectivity index (χ4n) is 2.78. The maximum Gasteiger partial charge on any atom is 0.272 e. The lowest BCUT2D eigenvalue weighted by atomic mass is 10.0. The zero-order valence-electron chi connectivity index (χ0n) is 14.4. The van der Waals surface area contributed by atoms with Gasteiger partial charge in [-0.25, -0.2) is 0 Å². The van der Waals surface area contributed by atoms with Crippen LogP contribution in [0.3, 0.4) is 0 Å². The van der Waals surface area contributed by atoms with Crippen LogP contribution in [0, 0.1) is 6.92 Å². The number of nitrogens with one attached hydrogen (secondary N) is 2. The van der Waals surface area contributed by atoms with Crippen LogP contribution >= 0.6 is 0 Å². The highest BCUT2D eigenvalue weighted by atomic mass is 16.5. The Hall–Kier alpha value is -2.75. The van der Waals surface area contributed by atoms with Gasteiger partial charge in [0, 0.05) is 11.1 Å². The van der Waals surface area contributed by atoms with Crippen molar-refractivity contribution in [1.82, 2.24) is 4.98 Å². The summed E-state index contributed by atoms with van der Waals surface area (Å²) in [6.45, 7) is 6.30. The quantitative estimate of drug-likeness (QED) is 0.720. The van der Waals surface area contributed by atoms with E-state index < -0.39 is 0 Å². The van der Waals surface area contributed by atoms with E-state index in [1.165, 1.54) is 5.56 Å². The number of ether oxygens (including phenoxy) is 1. The lowest BCUT2D eigenvalue weighted by Crippen LogP contribution is -2.12. The number of amides is 1. The molecule has 0 saturated carbocycles. The van der Waals surface area contributed by atoms with Crippen LogP contribution in [-0.4, -0.2) is 18.0 Å². The van der Waals surface area contributed by atoms with E-state index in [0.717, 1.165) is 27.9 Å². The summed E-state index contributed by atoms with van der Waals surface area (Å²) < 4.78 is 5.38. The first-order chi connectivity index (χ1) is 11.5. The average molecular weight is 322 g/mol. The Bertz CT molecular complexity index is 877. The van der Waals surface area contributed by atoms with E-state index in [1.54, 1.807) is 7.11 Å². The molecule has 1 aromatic heterocycles. The fraction of sp³-hybridized carbons (Fsp3) is 0.250. The number of fused-ring (bicyclic) bond motifs is 1. The number of benzene rings is 2. The molecule has 124 valence electrons. The van der Waals surface area contributed by atoms with Gasteiger partial charge in [0.2, 0.25) is 0 Å². The fourth-order valence-corrected chi connectivity index (χ4v) is 2.78. The molecular weight excluding hydrogens is 300 g/mol. The van der Waals surface area contributed by atoms with E-state index in [4.69, 9.17) is 4.74 Å². The van der Waals surface area contributed by atoms with Crippen molar-refractivity contribution < 1.29 is 9.53 Å². The second-order valence-corrected chi connectivity index (χ2v) is 6.29. The van der Waals surface area contributed by atoms with E-state index in [2.05, 4.69) is 24.1 Å². The number of anilines is 1. The monoisotopic (exact) mass is 322 g/mol. The van der Waals surface area contributed by atoms with Crippen molar-refractivity contribution in [2.24, 2.45) is 0 Å². The van der Waals surface area contributed by atoms with Gasteiger partial charge < -0.3 is 15.0 Å². The van der Waals surface area contributed by atoms with Crippen molar-refractivity contribution >= 4 is 22.5 Å². The SMILES string of the molecule is COc1ccc(C)c2[nH]c(C(=O)Nc3ccc(C(C)C)cc3)cc12. The van der Waals surface area contributed by atoms with E-state index in [0.29, 0.717) is 11.6 Å². The number of H-pyrrole nitrogens is 1. The average Bonchev–Trinajstić information content (AvgIpc) is 3.02. The van der Waals surface area contributed by atoms with E-state index in [1.807, 2.05) is 49.4 Å². The van der Waals surface area contributed by atoms with Gasteiger partial charge in [-0.15, -0.1) is 0 Å². The van der Waals surface area contributed by atoms with Crippen LogP contribution in [0.2, 0.25) is 0 Å². The summed E-state index contributed by atoms with van der Waals surface area (Å²) in [5.41, 5.74) is 4.55. The van der Waals surface area contributed by atoms with Crippen LogP contribution < -0.4 is 10.1 Å². The van der Waals surface area contributed by atoms with Gasteiger partial charge >= 0.3 is 0 Å². The summed E-state index contributed by atoms with van der Waals surface area (Å²) in [5.74, 6) is 1.07. The standard InChI is InChI=1S/C20H22N2O2/c1-12(2)14-6-8-15(9-7-14)21-20(23)17-11-16-18(24-4)10-5-13(3)19(16)22-17/h5-12,22H,1-4H3,(H,21,23). The molecule has 4 nitrogen and oxygen atoms in total. The minimum atomic E-state index is -0.162. The van der Waals surface area contributed by atoms with Crippen LogP contribution in [-0.2, 0) is 0 Å². The van der Waals surface area contributed by atoms with Crippen molar-refractivity contribution in [1.29, 1.82) is 0 Å². The molecule has 0 aliphatic rings. The van der Waals surface area contributed by atoms with Crippen LogP contribution in [0.5, 0.6) is 5.75 Å². The number of aryl methyl sites for hydroxylation is 1. The van der Waals surface area contributed by atoms with Crippen molar-refractivity contribution in [2.45, 2.75) is 26.7 Å². The first kappa shape index (κ1) is 16.1. The predicted octanol–water partition coefficient (Wildman–Crippen LogP) is 4.86. The molecule has 0 bridgehead atoms. The Morgan fingerprint density at radius 3 is 2.46 bits per heavy atom. The molecule has 24 heavy (non-hydrogen) atoms. The number of rotatable bonds is 4. The molecule has 0 aliphatic carbocycles. The topological polar surface area (TPSA) is 54.1 Å². The minimum Gasteiger partial charge on any atom is -0.496 e. The number of hydrogen-bond acceptors (Lipinski definition) is 2. The molecule has 2 N–H and O–H groups in total. The summed E-state index contributed by atoms with van der Waals surface area (Å²) in [5, 5.41) is 3.85. The first-order valence-electron chi connectivity index (χ1n) is 8.07. The Morgan fingerprint density at radius 2 is 1.83 bits per heavy atom. The van der Waals surface area contributed by atoms with E-state index >= 15 is 0 Å². The van der Waals surface area contributed by atoms with Crippen molar-refractivity contribution in [3.8, 4) is 5.75 Å². The normalized spacial score (nSPS) is 11.0. The lowest BCUT2D eigenvalue weighted by molar-refractivity contribution is 0.102. The van der Waals surface area contributed by atoms with Gasteiger partial charge in [-0.05, 0) is 48.2 Å². The Morgan fingerprint density at radius 1 is 1.12 bits per heavy atom. The third kappa shape index (κ3) is 3.00. The molecule has 4 heteroatoms. The molecule has 0 unspecified atom stereocenters. The molecule has 0 spiro atoms.